The third-order valence-corrected chi connectivity index (χ3v) is 5.85. The lowest BCUT2D eigenvalue weighted by Crippen LogP contribution is -2.48. The van der Waals surface area contributed by atoms with Gasteiger partial charge in [0.05, 0.1) is 18.5 Å². The highest BCUT2D eigenvalue weighted by atomic mass is 32.1. The van der Waals surface area contributed by atoms with Gasteiger partial charge in [0.1, 0.15) is 5.76 Å². The van der Waals surface area contributed by atoms with Crippen LogP contribution in [0.1, 0.15) is 37.8 Å². The van der Waals surface area contributed by atoms with Crippen LogP contribution in [0.5, 0.6) is 0 Å². The van der Waals surface area contributed by atoms with Crippen LogP contribution in [-0.2, 0) is 13.0 Å². The van der Waals surface area contributed by atoms with E-state index >= 15 is 0 Å². The van der Waals surface area contributed by atoms with Crippen LogP contribution >= 0.6 is 11.3 Å². The Labute approximate surface area is 186 Å². The van der Waals surface area contributed by atoms with Crippen molar-refractivity contribution in [2.75, 3.05) is 6.54 Å². The van der Waals surface area contributed by atoms with Gasteiger partial charge in [-0.2, -0.15) is 0 Å². The average Bonchev–Trinajstić information content (AvgIpc) is 3.42. The molecule has 0 unspecified atom stereocenters. The van der Waals surface area contributed by atoms with Crippen LogP contribution in [0.15, 0.2) is 58.7 Å². The van der Waals surface area contributed by atoms with E-state index in [0.717, 1.165) is 34.1 Å². The molecular weight excluding hydrogens is 408 g/mol. The predicted octanol–water partition coefficient (Wildman–Crippen LogP) is 5.52. The Kier molecular flexibility index (Phi) is 5.87. The summed E-state index contributed by atoms with van der Waals surface area (Å²) in [5.41, 5.74) is 4.14. The number of hydrogen-bond acceptors (Lipinski definition) is 4. The maximum atomic E-state index is 12.9. The summed E-state index contributed by atoms with van der Waals surface area (Å²) in [6.45, 7) is 9.04. The number of benzene rings is 1. The van der Waals surface area contributed by atoms with Crippen LogP contribution in [0.3, 0.4) is 0 Å². The first-order valence-corrected chi connectivity index (χ1v) is 11.3. The lowest BCUT2D eigenvalue weighted by atomic mass is 10.1. The highest BCUT2D eigenvalue weighted by Crippen LogP contribution is 2.24. The molecule has 162 valence electrons. The summed E-state index contributed by atoms with van der Waals surface area (Å²) >= 11 is 1.62. The number of imidazole rings is 1. The summed E-state index contributed by atoms with van der Waals surface area (Å²) in [4.78, 5) is 20.4. The fraction of sp³-hybridized carbons (Fsp3) is 0.333. The van der Waals surface area contributed by atoms with Crippen molar-refractivity contribution >= 4 is 22.3 Å². The van der Waals surface area contributed by atoms with Gasteiger partial charge < -0.3 is 14.6 Å². The molecule has 1 aromatic carbocycles. The third-order valence-electron chi connectivity index (χ3n) is 4.96. The number of aromatic nitrogens is 2. The first-order valence-electron chi connectivity index (χ1n) is 10.4. The molecule has 1 N–H and O–H groups in total. The number of carbonyl (C=O) groups is 1. The van der Waals surface area contributed by atoms with Gasteiger partial charge in [-0.25, -0.2) is 9.78 Å². The minimum Gasteiger partial charge on any atom is -0.467 e. The van der Waals surface area contributed by atoms with Gasteiger partial charge in [-0.1, -0.05) is 29.8 Å². The number of furan rings is 1. The Morgan fingerprint density at radius 2 is 2.00 bits per heavy atom. The Morgan fingerprint density at radius 3 is 2.68 bits per heavy atom. The van der Waals surface area contributed by atoms with Gasteiger partial charge in [-0.05, 0) is 39.8 Å². The van der Waals surface area contributed by atoms with Crippen molar-refractivity contribution in [2.24, 2.45) is 0 Å². The fourth-order valence-corrected chi connectivity index (χ4v) is 4.27. The normalized spacial score (nSPS) is 11.7. The molecule has 0 aliphatic heterocycles. The number of nitrogens with zero attached hydrogens (tertiary/aromatic N) is 3. The molecule has 0 aliphatic rings. The largest absolute Gasteiger partial charge is 0.467 e. The van der Waals surface area contributed by atoms with E-state index in [9.17, 15) is 4.79 Å². The zero-order valence-corrected chi connectivity index (χ0v) is 19.2. The van der Waals surface area contributed by atoms with E-state index in [1.54, 1.807) is 22.5 Å². The maximum absolute atomic E-state index is 12.9. The fourth-order valence-electron chi connectivity index (χ4n) is 3.36. The van der Waals surface area contributed by atoms with Crippen LogP contribution < -0.4 is 5.32 Å². The number of thiazole rings is 1. The molecule has 3 aromatic heterocycles. The third kappa shape index (κ3) is 5.17. The van der Waals surface area contributed by atoms with Crippen LogP contribution in [0.25, 0.3) is 16.2 Å². The molecule has 31 heavy (non-hydrogen) atoms. The minimum atomic E-state index is -0.304. The monoisotopic (exact) mass is 436 g/mol. The maximum Gasteiger partial charge on any atom is 0.318 e. The van der Waals surface area contributed by atoms with Gasteiger partial charge >= 0.3 is 6.03 Å². The molecule has 4 rings (SSSR count). The van der Waals surface area contributed by atoms with Crippen molar-refractivity contribution in [1.82, 2.24) is 19.6 Å². The molecule has 0 saturated carbocycles. The molecule has 0 aliphatic carbocycles. The quantitative estimate of drug-likeness (QED) is 0.433. The molecule has 0 radical (unpaired) electrons. The molecule has 0 saturated heterocycles. The van der Waals surface area contributed by atoms with Crippen molar-refractivity contribution in [3.63, 3.8) is 0 Å². The summed E-state index contributed by atoms with van der Waals surface area (Å²) in [5.74, 6) is 0.767. The second-order valence-electron chi connectivity index (χ2n) is 8.80. The number of nitrogens with one attached hydrogen (secondary N) is 1. The van der Waals surface area contributed by atoms with E-state index < -0.39 is 0 Å². The second kappa shape index (κ2) is 8.59. The Morgan fingerprint density at radius 1 is 1.23 bits per heavy atom. The van der Waals surface area contributed by atoms with E-state index in [1.165, 1.54) is 5.56 Å². The standard InChI is InChI=1S/C24H28N4O2S/c1-17-7-9-18(10-8-17)21-15-28-19(16-31-23(28)25-21)11-12-27(14-20-6-5-13-30-20)22(29)26-24(2,3)4/h5-10,13,15-16H,11-12,14H2,1-4H3,(H,26,29). The minimum absolute atomic E-state index is 0.0960. The zero-order valence-electron chi connectivity index (χ0n) is 18.4. The first-order chi connectivity index (χ1) is 14.8. The van der Waals surface area contributed by atoms with Crippen LogP contribution in [-0.4, -0.2) is 32.4 Å². The van der Waals surface area contributed by atoms with Crippen molar-refractivity contribution in [1.29, 1.82) is 0 Å². The number of hydrogen-bond donors (Lipinski definition) is 1. The average molecular weight is 437 g/mol. The molecule has 2 amide bonds. The van der Waals surface area contributed by atoms with E-state index in [1.807, 2.05) is 32.9 Å². The summed E-state index contributed by atoms with van der Waals surface area (Å²) in [7, 11) is 0. The molecule has 4 aromatic rings. The van der Waals surface area contributed by atoms with Crippen molar-refractivity contribution < 1.29 is 9.21 Å². The first kappa shape index (κ1) is 21.2. The molecule has 7 heteroatoms. The Bertz CT molecular complexity index is 1150. The summed E-state index contributed by atoms with van der Waals surface area (Å²) < 4.78 is 7.61. The van der Waals surface area contributed by atoms with Gasteiger partial charge in [0.15, 0.2) is 4.96 Å². The highest BCUT2D eigenvalue weighted by molar-refractivity contribution is 7.15. The second-order valence-corrected chi connectivity index (χ2v) is 9.64. The number of urea groups is 1. The van der Waals surface area contributed by atoms with Crippen molar-refractivity contribution in [2.45, 2.75) is 46.2 Å². The van der Waals surface area contributed by atoms with E-state index in [0.29, 0.717) is 13.1 Å². The van der Waals surface area contributed by atoms with Crippen LogP contribution in [0, 0.1) is 6.92 Å². The Balaban J connectivity index is 1.52. The highest BCUT2D eigenvalue weighted by Gasteiger charge is 2.21. The van der Waals surface area contributed by atoms with Gasteiger partial charge in [-0.15, -0.1) is 11.3 Å². The molecule has 0 spiro atoms. The number of carbonyl (C=O) groups excluding carboxylic acids is 1. The number of rotatable bonds is 6. The number of fused-ring (bicyclic) bond motifs is 1. The molecule has 6 nitrogen and oxygen atoms in total. The van der Waals surface area contributed by atoms with Crippen molar-refractivity contribution in [3.05, 3.63) is 71.3 Å². The lowest BCUT2D eigenvalue weighted by Gasteiger charge is -2.28. The van der Waals surface area contributed by atoms with Gasteiger partial charge in [-0.3, -0.25) is 4.40 Å². The summed E-state index contributed by atoms with van der Waals surface area (Å²) in [6, 6.07) is 12.0. The van der Waals surface area contributed by atoms with E-state index in [2.05, 4.69) is 52.5 Å². The SMILES string of the molecule is Cc1ccc(-c2cn3c(CCN(Cc4ccco4)C(=O)NC(C)(C)C)csc3n2)cc1. The molecule has 0 atom stereocenters. The lowest BCUT2D eigenvalue weighted by molar-refractivity contribution is 0.182. The van der Waals surface area contributed by atoms with Crippen LogP contribution in [0.2, 0.25) is 0 Å². The van der Waals surface area contributed by atoms with Gasteiger partial charge in [0, 0.05) is 41.3 Å². The van der Waals surface area contributed by atoms with E-state index in [4.69, 9.17) is 9.40 Å². The van der Waals surface area contributed by atoms with Crippen molar-refractivity contribution in [3.8, 4) is 11.3 Å². The topological polar surface area (TPSA) is 62.8 Å². The molecule has 0 fully saturated rings. The zero-order chi connectivity index (χ0) is 22.0. The molecule has 0 bridgehead atoms. The number of aryl methyl sites for hydroxylation is 1. The van der Waals surface area contributed by atoms with Gasteiger partial charge in [0.2, 0.25) is 0 Å². The number of amides is 2. The Hall–Kier alpha value is -3.06. The summed E-state index contributed by atoms with van der Waals surface area (Å²) in [5, 5.41) is 5.18. The molecule has 3 heterocycles. The smallest absolute Gasteiger partial charge is 0.318 e. The predicted molar refractivity (Wildman–Crippen MR) is 124 cm³/mol. The summed E-state index contributed by atoms with van der Waals surface area (Å²) in [6.07, 6.45) is 4.44. The van der Waals surface area contributed by atoms with Crippen LogP contribution in [0.4, 0.5) is 4.79 Å². The van der Waals surface area contributed by atoms with E-state index in [-0.39, 0.29) is 11.6 Å². The van der Waals surface area contributed by atoms with Gasteiger partial charge in [0.25, 0.3) is 0 Å². The molecular formula is C24H28N4O2S.